The molecule has 0 bridgehead atoms. The van der Waals surface area contributed by atoms with Crippen molar-refractivity contribution in [2.24, 2.45) is 0 Å². The Labute approximate surface area is 60.9 Å². The zero-order valence-electron chi connectivity index (χ0n) is 5.09. The molecular weight excluding hydrogens is 148 g/mol. The molecular formula is C5H6N4S. The number of hydrogen-bond acceptors (Lipinski definition) is 2. The Hall–Kier alpha value is -1.23. The molecule has 0 amide bonds. The first kappa shape index (κ1) is 5.55. The van der Waals surface area contributed by atoms with Crippen molar-refractivity contribution in [3.05, 3.63) is 17.0 Å². The standard InChI is InChI=1S/C5H6N4S/c1-2-10-3-4-5(6-1)8-9-7-4/h1-3,7,9H,(H,6,8). The molecule has 0 aliphatic carbocycles. The highest BCUT2D eigenvalue weighted by molar-refractivity contribution is 7.07. The molecule has 0 saturated heterocycles. The van der Waals surface area contributed by atoms with E-state index in [-0.39, 0.29) is 0 Å². The second kappa shape index (κ2) is 2.18. The molecule has 0 spiro atoms. The van der Waals surface area contributed by atoms with Crippen molar-refractivity contribution in [3.8, 4) is 11.5 Å². The SMILES string of the molecule is c1cscc2[nH][nH][nH]c-2n1. The van der Waals surface area contributed by atoms with Crippen LogP contribution in [0.15, 0.2) is 17.0 Å². The van der Waals surface area contributed by atoms with E-state index in [0.717, 1.165) is 11.5 Å². The summed E-state index contributed by atoms with van der Waals surface area (Å²) < 4.78 is 0. The van der Waals surface area contributed by atoms with E-state index in [1.807, 2.05) is 10.8 Å². The van der Waals surface area contributed by atoms with Gasteiger partial charge in [0.2, 0.25) is 0 Å². The van der Waals surface area contributed by atoms with E-state index >= 15 is 0 Å². The molecule has 0 aromatic rings. The summed E-state index contributed by atoms with van der Waals surface area (Å²) in [4.78, 5) is 4.10. The van der Waals surface area contributed by atoms with Crippen LogP contribution in [0.5, 0.6) is 0 Å². The molecule has 5 heteroatoms. The third-order valence-corrected chi connectivity index (χ3v) is 1.81. The highest BCUT2D eigenvalue weighted by Crippen LogP contribution is 2.10. The largest absolute Gasteiger partial charge is 0.282 e. The molecule has 2 aliphatic rings. The van der Waals surface area contributed by atoms with Crippen LogP contribution in [0.3, 0.4) is 0 Å². The van der Waals surface area contributed by atoms with Crippen LogP contribution in [-0.2, 0) is 0 Å². The van der Waals surface area contributed by atoms with E-state index in [4.69, 9.17) is 0 Å². The van der Waals surface area contributed by atoms with E-state index in [2.05, 4.69) is 20.4 Å². The molecule has 2 heterocycles. The summed E-state index contributed by atoms with van der Waals surface area (Å²) in [5, 5.41) is 12.4. The van der Waals surface area contributed by atoms with Gasteiger partial charge in [-0.2, -0.15) is 0 Å². The van der Waals surface area contributed by atoms with Gasteiger partial charge in [-0.15, -0.1) is 11.3 Å². The van der Waals surface area contributed by atoms with Gasteiger partial charge in [-0.1, -0.05) is 0 Å². The maximum atomic E-state index is 4.10. The number of nitrogens with one attached hydrogen (secondary N) is 3. The fraction of sp³-hybridized carbons (Fsp3) is 0. The Morgan fingerprint density at radius 2 is 2.40 bits per heavy atom. The van der Waals surface area contributed by atoms with Crippen LogP contribution < -0.4 is 0 Å². The lowest BCUT2D eigenvalue weighted by Crippen LogP contribution is -1.74. The van der Waals surface area contributed by atoms with E-state index in [9.17, 15) is 0 Å². The number of aromatic nitrogens is 4. The third kappa shape index (κ3) is 0.801. The van der Waals surface area contributed by atoms with E-state index in [1.54, 1.807) is 17.5 Å². The molecule has 0 aromatic carbocycles. The van der Waals surface area contributed by atoms with E-state index in [1.165, 1.54) is 0 Å². The van der Waals surface area contributed by atoms with Crippen molar-refractivity contribution in [2.45, 2.75) is 0 Å². The Morgan fingerprint density at radius 1 is 1.40 bits per heavy atom. The van der Waals surface area contributed by atoms with Gasteiger partial charge in [0.25, 0.3) is 0 Å². The summed E-state index contributed by atoms with van der Waals surface area (Å²) in [6.45, 7) is 0. The van der Waals surface area contributed by atoms with E-state index in [0.29, 0.717) is 0 Å². The number of nitrogens with zero attached hydrogens (tertiary/aromatic N) is 1. The topological polar surface area (TPSA) is 60.3 Å². The van der Waals surface area contributed by atoms with Crippen LogP contribution >= 0.6 is 11.3 Å². The molecule has 2 aliphatic heterocycles. The van der Waals surface area contributed by atoms with Crippen molar-refractivity contribution in [3.63, 3.8) is 0 Å². The number of rotatable bonds is 0. The third-order valence-electron chi connectivity index (χ3n) is 1.16. The van der Waals surface area contributed by atoms with Crippen molar-refractivity contribution >= 4 is 11.3 Å². The second-order valence-electron chi connectivity index (χ2n) is 1.81. The minimum atomic E-state index is 0.834. The lowest BCUT2D eigenvalue weighted by molar-refractivity contribution is 0.946. The van der Waals surface area contributed by atoms with Gasteiger partial charge in [0.15, 0.2) is 5.82 Å². The highest BCUT2D eigenvalue weighted by atomic mass is 32.1. The lowest BCUT2D eigenvalue weighted by atomic mass is 10.5. The number of fused-ring (bicyclic) bond motifs is 1. The molecule has 0 atom stereocenters. The van der Waals surface area contributed by atoms with Crippen LogP contribution in [0.4, 0.5) is 0 Å². The van der Waals surface area contributed by atoms with Gasteiger partial charge in [-0.3, -0.25) is 10.2 Å². The molecule has 0 radical (unpaired) electrons. The van der Waals surface area contributed by atoms with E-state index < -0.39 is 0 Å². The van der Waals surface area contributed by atoms with Gasteiger partial charge < -0.3 is 0 Å². The Morgan fingerprint density at radius 3 is 3.40 bits per heavy atom. The molecule has 0 fully saturated rings. The summed E-state index contributed by atoms with van der Waals surface area (Å²) in [7, 11) is 0. The summed E-state index contributed by atoms with van der Waals surface area (Å²) in [5.74, 6) is 0.834. The second-order valence-corrected chi connectivity index (χ2v) is 2.59. The van der Waals surface area contributed by atoms with Gasteiger partial charge in [-0.05, 0) is 0 Å². The van der Waals surface area contributed by atoms with Gasteiger partial charge in [-0.25, -0.2) is 10.2 Å². The monoisotopic (exact) mass is 154 g/mol. The zero-order valence-corrected chi connectivity index (χ0v) is 5.90. The van der Waals surface area contributed by atoms with Crippen LogP contribution in [-0.4, -0.2) is 20.4 Å². The van der Waals surface area contributed by atoms with Crippen LogP contribution in [0.25, 0.3) is 11.5 Å². The maximum Gasteiger partial charge on any atom is 0.172 e. The zero-order chi connectivity index (χ0) is 6.81. The number of aromatic amines is 3. The van der Waals surface area contributed by atoms with Gasteiger partial charge in [0, 0.05) is 17.0 Å². The average Bonchev–Trinajstić information content (AvgIpc) is 2.28. The minimum Gasteiger partial charge on any atom is -0.282 e. The molecule has 10 heavy (non-hydrogen) atoms. The number of H-pyrrole nitrogens is 3. The predicted octanol–water partition coefficient (Wildman–Crippen LogP) is 1.36. The first-order valence-corrected chi connectivity index (χ1v) is 3.77. The van der Waals surface area contributed by atoms with Crippen molar-refractivity contribution in [1.29, 1.82) is 0 Å². The minimum absolute atomic E-state index is 0.834. The van der Waals surface area contributed by atoms with Crippen LogP contribution in [0, 0.1) is 0 Å². The molecule has 2 rings (SSSR count). The molecule has 3 N–H and O–H groups in total. The molecule has 52 valence electrons. The number of hydrogen-bond donors (Lipinski definition) is 3. The Bertz CT molecular complexity index is 285. The average molecular weight is 154 g/mol. The lowest BCUT2D eigenvalue weighted by Gasteiger charge is -1.80. The van der Waals surface area contributed by atoms with Crippen molar-refractivity contribution in [2.75, 3.05) is 0 Å². The Balaban J connectivity index is 2.74. The molecule has 0 unspecified atom stereocenters. The summed E-state index contributed by atoms with van der Waals surface area (Å²) in [6.07, 6.45) is 1.76. The van der Waals surface area contributed by atoms with Gasteiger partial charge in [0.1, 0.15) is 5.69 Å². The summed E-state index contributed by atoms with van der Waals surface area (Å²) in [6, 6.07) is 0. The fourth-order valence-electron chi connectivity index (χ4n) is 0.719. The summed E-state index contributed by atoms with van der Waals surface area (Å²) >= 11 is 1.59. The summed E-state index contributed by atoms with van der Waals surface area (Å²) in [5.41, 5.74) is 0.981. The quantitative estimate of drug-likeness (QED) is 0.527. The Kier molecular flexibility index (Phi) is 1.21. The van der Waals surface area contributed by atoms with Gasteiger partial charge in [0.05, 0.1) is 0 Å². The normalized spacial score (nSPS) is 10.0. The smallest absolute Gasteiger partial charge is 0.172 e. The molecule has 0 saturated carbocycles. The first-order valence-electron chi connectivity index (χ1n) is 2.83. The van der Waals surface area contributed by atoms with Crippen LogP contribution in [0.1, 0.15) is 0 Å². The fourth-order valence-corrected chi connectivity index (χ4v) is 1.24. The molecule has 4 nitrogen and oxygen atoms in total. The van der Waals surface area contributed by atoms with Crippen molar-refractivity contribution < 1.29 is 0 Å². The maximum absolute atomic E-state index is 4.10. The predicted molar refractivity (Wildman–Crippen MR) is 39.4 cm³/mol. The highest BCUT2D eigenvalue weighted by Gasteiger charge is 1.97. The van der Waals surface area contributed by atoms with Crippen molar-refractivity contribution in [1.82, 2.24) is 20.4 Å². The molecule has 0 aromatic heterocycles. The van der Waals surface area contributed by atoms with Gasteiger partial charge >= 0.3 is 0 Å². The van der Waals surface area contributed by atoms with Crippen LogP contribution in [0.2, 0.25) is 0 Å². The first-order chi connectivity index (χ1) is 4.97.